The molecule has 0 radical (unpaired) electrons. The van der Waals surface area contributed by atoms with Crippen molar-refractivity contribution in [3.63, 3.8) is 0 Å². The maximum absolute atomic E-state index is 12.5. The number of hydrogen-bond acceptors (Lipinski definition) is 7. The van der Waals surface area contributed by atoms with E-state index in [1.165, 1.54) is 11.8 Å². The number of amides is 2. The topological polar surface area (TPSA) is 81.7 Å². The number of aromatic nitrogens is 2. The molecule has 2 amide bonds. The van der Waals surface area contributed by atoms with Crippen molar-refractivity contribution in [3.05, 3.63) is 11.2 Å². The van der Waals surface area contributed by atoms with E-state index in [0.717, 1.165) is 51.1 Å². The third-order valence-corrected chi connectivity index (χ3v) is 7.61. The molecule has 1 aromatic rings. The van der Waals surface area contributed by atoms with Gasteiger partial charge in [0.1, 0.15) is 11.0 Å². The van der Waals surface area contributed by atoms with Crippen LogP contribution in [0.2, 0.25) is 5.15 Å². The number of carbonyl (C=O) groups excluding carboxylic acids is 2. The van der Waals surface area contributed by atoms with Gasteiger partial charge in [0.25, 0.3) is 0 Å². The number of halogens is 1. The third kappa shape index (κ3) is 7.99. The van der Waals surface area contributed by atoms with E-state index in [9.17, 15) is 9.59 Å². The summed E-state index contributed by atoms with van der Waals surface area (Å²) in [5.41, 5.74) is 0. The van der Waals surface area contributed by atoms with Crippen LogP contribution in [0, 0.1) is 5.92 Å². The predicted octanol–water partition coefficient (Wildman–Crippen LogP) is 3.30. The zero-order valence-corrected chi connectivity index (χ0v) is 22.5. The summed E-state index contributed by atoms with van der Waals surface area (Å²) in [6.45, 7) is 13.8. The lowest BCUT2D eigenvalue weighted by Crippen LogP contribution is -2.54. The predicted molar refractivity (Wildman–Crippen MR) is 139 cm³/mol. The smallest absolute Gasteiger partial charge is 0.230 e. The van der Waals surface area contributed by atoms with Crippen molar-refractivity contribution in [1.29, 1.82) is 0 Å². The van der Waals surface area contributed by atoms with Gasteiger partial charge in [0.15, 0.2) is 5.16 Å². The molecule has 1 aromatic heterocycles. The van der Waals surface area contributed by atoms with E-state index >= 15 is 0 Å². The van der Waals surface area contributed by atoms with Gasteiger partial charge in [-0.2, -0.15) is 0 Å². The Bertz CT molecular complexity index is 836. The zero-order valence-electron chi connectivity index (χ0n) is 20.9. The quantitative estimate of drug-likeness (QED) is 0.262. The van der Waals surface area contributed by atoms with Crippen molar-refractivity contribution in [3.8, 4) is 0 Å². The van der Waals surface area contributed by atoms with Gasteiger partial charge in [-0.05, 0) is 59.2 Å². The molecule has 1 N–H and O–H groups in total. The highest BCUT2D eigenvalue weighted by Crippen LogP contribution is 2.33. The fourth-order valence-electron chi connectivity index (χ4n) is 4.35. The summed E-state index contributed by atoms with van der Waals surface area (Å²) in [6.07, 6.45) is 4.07. The molecule has 2 atom stereocenters. The summed E-state index contributed by atoms with van der Waals surface area (Å²) in [4.78, 5) is 40.4. The number of thioether (sulfide) groups is 1. The van der Waals surface area contributed by atoms with Crippen LogP contribution in [-0.4, -0.2) is 88.7 Å². The van der Waals surface area contributed by atoms with Crippen molar-refractivity contribution < 1.29 is 9.59 Å². The number of nitrogens with one attached hydrogen (secondary N) is 1. The highest BCUT2D eigenvalue weighted by atomic mass is 35.5. The van der Waals surface area contributed by atoms with Crippen LogP contribution in [-0.2, 0) is 9.59 Å². The maximum atomic E-state index is 12.5. The Kier molecular flexibility index (Phi) is 10.3. The number of rotatable bonds is 12. The van der Waals surface area contributed by atoms with E-state index in [-0.39, 0.29) is 35.6 Å². The molecular formula is C24H39ClN6O2S. The van der Waals surface area contributed by atoms with Gasteiger partial charge >= 0.3 is 0 Å². The molecule has 0 aromatic carbocycles. The van der Waals surface area contributed by atoms with Gasteiger partial charge in [0.2, 0.25) is 11.8 Å². The molecule has 190 valence electrons. The van der Waals surface area contributed by atoms with E-state index in [4.69, 9.17) is 11.6 Å². The molecule has 3 rings (SSSR count). The molecule has 10 heteroatoms. The summed E-state index contributed by atoms with van der Waals surface area (Å²) >= 11 is 7.58. The fraction of sp³-hybridized carbons (Fsp3) is 0.750. The molecule has 1 aliphatic heterocycles. The van der Waals surface area contributed by atoms with E-state index in [1.807, 2.05) is 11.8 Å². The van der Waals surface area contributed by atoms with E-state index < -0.39 is 0 Å². The van der Waals surface area contributed by atoms with Crippen LogP contribution >= 0.6 is 23.4 Å². The Morgan fingerprint density at radius 3 is 2.65 bits per heavy atom. The van der Waals surface area contributed by atoms with Gasteiger partial charge in [-0.15, -0.1) is 0 Å². The first-order chi connectivity index (χ1) is 16.3. The highest BCUT2D eigenvalue weighted by molar-refractivity contribution is 7.99. The largest absolute Gasteiger partial charge is 0.353 e. The summed E-state index contributed by atoms with van der Waals surface area (Å²) in [5, 5.41) is 3.93. The number of hydrogen-bond donors (Lipinski definition) is 1. The summed E-state index contributed by atoms with van der Waals surface area (Å²) in [6, 6.07) is 2.02. The van der Waals surface area contributed by atoms with E-state index in [1.54, 1.807) is 6.07 Å². The maximum Gasteiger partial charge on any atom is 0.230 e. The average molecular weight is 511 g/mol. The molecule has 34 heavy (non-hydrogen) atoms. The van der Waals surface area contributed by atoms with Crippen molar-refractivity contribution in [2.75, 3.05) is 49.9 Å². The Balaban J connectivity index is 1.46. The van der Waals surface area contributed by atoms with Crippen LogP contribution in [0.1, 0.15) is 53.4 Å². The van der Waals surface area contributed by atoms with Crippen LogP contribution < -0.4 is 10.2 Å². The van der Waals surface area contributed by atoms with Crippen molar-refractivity contribution in [2.24, 2.45) is 5.92 Å². The average Bonchev–Trinajstić information content (AvgIpc) is 3.65. The number of carbonyl (C=O) groups is 2. The van der Waals surface area contributed by atoms with Crippen molar-refractivity contribution in [1.82, 2.24) is 25.1 Å². The van der Waals surface area contributed by atoms with Crippen LogP contribution in [0.25, 0.3) is 0 Å². The minimum absolute atomic E-state index is 0.0220. The van der Waals surface area contributed by atoms with Crippen LogP contribution in [0.5, 0.6) is 0 Å². The van der Waals surface area contributed by atoms with E-state index in [0.29, 0.717) is 29.9 Å². The first-order valence-corrected chi connectivity index (χ1v) is 13.9. The van der Waals surface area contributed by atoms with Gasteiger partial charge in [0.05, 0.1) is 5.75 Å². The van der Waals surface area contributed by atoms with Crippen LogP contribution in [0.3, 0.4) is 0 Å². The molecule has 1 aliphatic carbocycles. The Morgan fingerprint density at radius 2 is 2.00 bits per heavy atom. The lowest BCUT2D eigenvalue weighted by molar-refractivity contribution is -0.135. The second kappa shape index (κ2) is 12.9. The lowest BCUT2D eigenvalue weighted by Gasteiger charge is -2.40. The van der Waals surface area contributed by atoms with Crippen LogP contribution in [0.4, 0.5) is 5.82 Å². The van der Waals surface area contributed by atoms with Crippen LogP contribution in [0.15, 0.2) is 11.2 Å². The minimum atomic E-state index is -0.0220. The molecule has 2 heterocycles. The van der Waals surface area contributed by atoms with Gasteiger partial charge in [-0.3, -0.25) is 9.59 Å². The standard InChI is InChI=1S/C24H39ClN6O2S/c1-5-29(6-2)11-7-8-17(3)26-22(32)16-34-24-27-20(25)14-21(28-24)30-12-13-31(18(4)15-30)23(33)19-9-10-19/h14,17-19H,5-13,15-16H2,1-4H3,(H,26,32). The minimum Gasteiger partial charge on any atom is -0.353 e. The van der Waals surface area contributed by atoms with Gasteiger partial charge < -0.3 is 20.0 Å². The second-order valence-corrected chi connectivity index (χ2v) is 10.7. The number of nitrogens with zero attached hydrogens (tertiary/aromatic N) is 5. The Hall–Kier alpha value is -1.58. The Morgan fingerprint density at radius 1 is 1.26 bits per heavy atom. The summed E-state index contributed by atoms with van der Waals surface area (Å²) in [7, 11) is 0. The van der Waals surface area contributed by atoms with Gasteiger partial charge in [-0.1, -0.05) is 37.2 Å². The van der Waals surface area contributed by atoms with Gasteiger partial charge in [-0.25, -0.2) is 9.97 Å². The lowest BCUT2D eigenvalue weighted by atomic mass is 10.1. The van der Waals surface area contributed by atoms with Gasteiger partial charge in [0, 0.05) is 43.7 Å². The first kappa shape index (κ1) is 27.0. The fourth-order valence-corrected chi connectivity index (χ4v) is 5.24. The first-order valence-electron chi connectivity index (χ1n) is 12.5. The normalized spacial score (nSPS) is 19.4. The zero-order chi connectivity index (χ0) is 24.7. The number of anilines is 1. The molecule has 0 spiro atoms. The highest BCUT2D eigenvalue weighted by Gasteiger charge is 2.37. The number of piperazine rings is 1. The van der Waals surface area contributed by atoms with Crippen molar-refractivity contribution >= 4 is 41.0 Å². The SMILES string of the molecule is CCN(CC)CCCC(C)NC(=O)CSc1nc(Cl)cc(N2CCN(C(=O)C3CC3)C(C)C2)n1. The summed E-state index contributed by atoms with van der Waals surface area (Å²) < 4.78 is 0. The molecular weight excluding hydrogens is 472 g/mol. The summed E-state index contributed by atoms with van der Waals surface area (Å²) in [5.74, 6) is 1.50. The van der Waals surface area contributed by atoms with E-state index in [2.05, 4.69) is 45.9 Å². The molecule has 2 fully saturated rings. The molecule has 2 unspecified atom stereocenters. The molecule has 0 bridgehead atoms. The molecule has 1 saturated heterocycles. The molecule has 2 aliphatic rings. The van der Waals surface area contributed by atoms with Crippen molar-refractivity contribution in [2.45, 2.75) is 70.6 Å². The monoisotopic (exact) mass is 510 g/mol. The molecule has 1 saturated carbocycles. The third-order valence-electron chi connectivity index (χ3n) is 6.57. The Labute approximate surface area is 213 Å². The molecule has 8 nitrogen and oxygen atoms in total. The second-order valence-electron chi connectivity index (χ2n) is 9.36.